The maximum absolute atomic E-state index is 13.1. The average Bonchev–Trinajstić information content (AvgIpc) is 2.67. The third-order valence-electron chi connectivity index (χ3n) is 4.45. The summed E-state index contributed by atoms with van der Waals surface area (Å²) in [5, 5.41) is 6.08. The van der Waals surface area contributed by atoms with E-state index < -0.39 is 15.5 Å². The van der Waals surface area contributed by atoms with Crippen LogP contribution in [-0.4, -0.2) is 64.0 Å². The molecule has 7 nitrogen and oxygen atoms in total. The molecule has 0 unspecified atom stereocenters. The van der Waals surface area contributed by atoms with Gasteiger partial charge in [0, 0.05) is 32.7 Å². The van der Waals surface area contributed by atoms with E-state index in [1.807, 2.05) is 0 Å². The molecule has 1 aliphatic heterocycles. The van der Waals surface area contributed by atoms with E-state index in [9.17, 15) is 26.0 Å². The highest BCUT2D eigenvalue weighted by molar-refractivity contribution is 14.0. The van der Waals surface area contributed by atoms with Crippen LogP contribution in [-0.2, 0) is 10.0 Å². The fourth-order valence-corrected chi connectivity index (χ4v) is 3.84. The van der Waals surface area contributed by atoms with E-state index in [-0.39, 0.29) is 55.4 Å². The highest BCUT2D eigenvalue weighted by atomic mass is 127. The van der Waals surface area contributed by atoms with Gasteiger partial charge in [0.15, 0.2) is 5.96 Å². The lowest BCUT2D eigenvalue weighted by Gasteiger charge is -2.31. The molecule has 0 bridgehead atoms. The molecule has 172 valence electrons. The summed E-state index contributed by atoms with van der Waals surface area (Å²) in [7, 11) is -3.69. The van der Waals surface area contributed by atoms with Crippen LogP contribution in [0.4, 0.5) is 17.6 Å². The summed E-state index contributed by atoms with van der Waals surface area (Å²) < 4.78 is 79.6. The number of sulfonamides is 1. The SMILES string of the molecule is CN=C(NCCOc1cccc(F)c1)NCC1CCN(S(=O)(=O)C(F)(F)F)CC1.I. The van der Waals surface area contributed by atoms with Crippen LogP contribution in [0.2, 0.25) is 0 Å². The molecule has 1 saturated heterocycles. The first kappa shape index (κ1) is 26.7. The fraction of sp³-hybridized carbons (Fsp3) is 0.588. The molecule has 0 radical (unpaired) electrons. The maximum atomic E-state index is 13.1. The van der Waals surface area contributed by atoms with E-state index in [1.54, 1.807) is 19.2 Å². The van der Waals surface area contributed by atoms with Gasteiger partial charge in [-0.1, -0.05) is 6.07 Å². The Kier molecular flexibility index (Phi) is 10.6. The van der Waals surface area contributed by atoms with Crippen LogP contribution in [0.15, 0.2) is 29.3 Å². The summed E-state index contributed by atoms with van der Waals surface area (Å²) in [6.07, 6.45) is 0.643. The monoisotopic (exact) mass is 568 g/mol. The van der Waals surface area contributed by atoms with Gasteiger partial charge in [-0.2, -0.15) is 17.5 Å². The Morgan fingerprint density at radius 3 is 2.50 bits per heavy atom. The minimum Gasteiger partial charge on any atom is -0.492 e. The van der Waals surface area contributed by atoms with Gasteiger partial charge in [-0.15, -0.1) is 24.0 Å². The molecule has 0 saturated carbocycles. The highest BCUT2D eigenvalue weighted by Crippen LogP contribution is 2.30. The Labute approximate surface area is 190 Å². The van der Waals surface area contributed by atoms with Crippen LogP contribution in [0, 0.1) is 11.7 Å². The zero-order valence-electron chi connectivity index (χ0n) is 16.3. The molecule has 30 heavy (non-hydrogen) atoms. The van der Waals surface area contributed by atoms with Gasteiger partial charge in [-0.3, -0.25) is 4.99 Å². The van der Waals surface area contributed by atoms with Crippen molar-refractivity contribution < 1.29 is 30.7 Å². The number of guanidine groups is 1. The minimum atomic E-state index is -5.27. The topological polar surface area (TPSA) is 83.0 Å². The van der Waals surface area contributed by atoms with E-state index in [4.69, 9.17) is 4.74 Å². The second-order valence-electron chi connectivity index (χ2n) is 6.48. The number of hydrogen-bond donors (Lipinski definition) is 2. The second kappa shape index (κ2) is 11.9. The van der Waals surface area contributed by atoms with Crippen molar-refractivity contribution in [2.24, 2.45) is 10.9 Å². The maximum Gasteiger partial charge on any atom is 0.511 e. The summed E-state index contributed by atoms with van der Waals surface area (Å²) in [6, 6.07) is 5.78. The molecule has 0 spiro atoms. The number of piperidine rings is 1. The molecule has 13 heteroatoms. The van der Waals surface area contributed by atoms with E-state index >= 15 is 0 Å². The summed E-state index contributed by atoms with van der Waals surface area (Å²) in [5.41, 5.74) is -5.27. The van der Waals surface area contributed by atoms with Crippen LogP contribution in [0.1, 0.15) is 12.8 Å². The molecule has 0 aliphatic carbocycles. The van der Waals surface area contributed by atoms with Crippen molar-refractivity contribution in [2.75, 3.05) is 39.8 Å². The molecule has 1 aromatic rings. The Hall–Kier alpha value is -1.35. The molecule has 1 aromatic carbocycles. The van der Waals surface area contributed by atoms with Crippen molar-refractivity contribution in [3.05, 3.63) is 30.1 Å². The number of nitrogens with one attached hydrogen (secondary N) is 2. The Morgan fingerprint density at radius 1 is 1.27 bits per heavy atom. The lowest BCUT2D eigenvalue weighted by atomic mass is 9.98. The number of hydrogen-bond acceptors (Lipinski definition) is 4. The molecule has 1 fully saturated rings. The molecule has 0 atom stereocenters. The van der Waals surface area contributed by atoms with Crippen molar-refractivity contribution in [1.82, 2.24) is 14.9 Å². The zero-order chi connectivity index (χ0) is 21.5. The van der Waals surface area contributed by atoms with Gasteiger partial charge in [0.05, 0.1) is 6.54 Å². The van der Waals surface area contributed by atoms with Gasteiger partial charge in [-0.25, -0.2) is 12.8 Å². The van der Waals surface area contributed by atoms with Gasteiger partial charge >= 0.3 is 15.5 Å². The van der Waals surface area contributed by atoms with Gasteiger partial charge < -0.3 is 15.4 Å². The number of ether oxygens (including phenoxy) is 1. The number of alkyl halides is 3. The molecule has 2 rings (SSSR count). The minimum absolute atomic E-state index is 0. The second-order valence-corrected chi connectivity index (χ2v) is 8.41. The molecule has 0 amide bonds. The van der Waals surface area contributed by atoms with Gasteiger partial charge in [-0.05, 0) is 30.9 Å². The first-order chi connectivity index (χ1) is 13.6. The van der Waals surface area contributed by atoms with E-state index in [1.165, 1.54) is 12.1 Å². The van der Waals surface area contributed by atoms with Crippen LogP contribution in [0.3, 0.4) is 0 Å². The Balaban J connectivity index is 0.00000450. The van der Waals surface area contributed by atoms with Crippen molar-refractivity contribution in [3.8, 4) is 5.75 Å². The number of halogens is 5. The largest absolute Gasteiger partial charge is 0.511 e. The van der Waals surface area contributed by atoms with Crippen molar-refractivity contribution in [2.45, 2.75) is 18.3 Å². The van der Waals surface area contributed by atoms with Crippen molar-refractivity contribution in [1.29, 1.82) is 0 Å². The zero-order valence-corrected chi connectivity index (χ0v) is 19.4. The van der Waals surface area contributed by atoms with E-state index in [0.29, 0.717) is 41.9 Å². The summed E-state index contributed by atoms with van der Waals surface area (Å²) in [4.78, 5) is 4.04. The first-order valence-electron chi connectivity index (χ1n) is 9.03. The lowest BCUT2D eigenvalue weighted by molar-refractivity contribution is -0.0496. The molecule has 0 aromatic heterocycles. The number of benzene rings is 1. The highest BCUT2D eigenvalue weighted by Gasteiger charge is 2.50. The molecule has 2 N–H and O–H groups in total. The first-order valence-corrected chi connectivity index (χ1v) is 10.5. The summed E-state index contributed by atoms with van der Waals surface area (Å²) >= 11 is 0. The Morgan fingerprint density at radius 2 is 1.93 bits per heavy atom. The van der Waals surface area contributed by atoms with Crippen LogP contribution in [0.5, 0.6) is 5.75 Å². The molecule has 1 aliphatic rings. The third-order valence-corrected chi connectivity index (χ3v) is 6.08. The van der Waals surface area contributed by atoms with Crippen molar-refractivity contribution >= 4 is 40.0 Å². The van der Waals surface area contributed by atoms with Crippen molar-refractivity contribution in [3.63, 3.8) is 0 Å². The van der Waals surface area contributed by atoms with Gasteiger partial charge in [0.1, 0.15) is 18.2 Å². The predicted molar refractivity (Wildman–Crippen MR) is 116 cm³/mol. The molecular weight excluding hydrogens is 543 g/mol. The van der Waals surface area contributed by atoms with Gasteiger partial charge in [0.25, 0.3) is 0 Å². The molecular formula is C17H25F4IN4O3S. The van der Waals surface area contributed by atoms with E-state index in [0.717, 1.165) is 0 Å². The number of rotatable bonds is 7. The number of nitrogens with zero attached hydrogens (tertiary/aromatic N) is 2. The predicted octanol–water partition coefficient (Wildman–Crippen LogP) is 2.55. The van der Waals surface area contributed by atoms with Gasteiger partial charge in [0.2, 0.25) is 0 Å². The summed E-state index contributed by atoms with van der Waals surface area (Å²) in [6.45, 7) is 0.796. The Bertz CT molecular complexity index is 800. The number of aliphatic imine (C=N–C) groups is 1. The average molecular weight is 568 g/mol. The smallest absolute Gasteiger partial charge is 0.492 e. The lowest BCUT2D eigenvalue weighted by Crippen LogP contribution is -2.47. The van der Waals surface area contributed by atoms with Crippen LogP contribution < -0.4 is 15.4 Å². The summed E-state index contributed by atoms with van der Waals surface area (Å²) in [5.74, 6) is 0.535. The normalized spacial score (nSPS) is 16.6. The fourth-order valence-electron chi connectivity index (χ4n) is 2.86. The quantitative estimate of drug-likeness (QED) is 0.174. The van der Waals surface area contributed by atoms with Crippen LogP contribution in [0.25, 0.3) is 0 Å². The van der Waals surface area contributed by atoms with Crippen LogP contribution >= 0.6 is 24.0 Å². The van der Waals surface area contributed by atoms with E-state index in [2.05, 4.69) is 15.6 Å². The molecule has 1 heterocycles. The standard InChI is InChI=1S/C17H24F4N4O3S.HI/c1-22-16(23-7-10-28-15-4-2-3-14(18)11-15)24-12-13-5-8-25(9-6-13)29(26,27)17(19,20)21;/h2-4,11,13H,5-10,12H2,1H3,(H2,22,23,24);1H. The third kappa shape index (κ3) is 7.72.